The van der Waals surface area contributed by atoms with Crippen LogP contribution in [0.25, 0.3) is 0 Å². The summed E-state index contributed by atoms with van der Waals surface area (Å²) in [5.74, 6) is 8.59. The molecule has 3 aromatic rings. The van der Waals surface area contributed by atoms with E-state index in [1.54, 1.807) is 6.07 Å². The van der Waals surface area contributed by atoms with E-state index in [2.05, 4.69) is 36.2 Å². The first-order chi connectivity index (χ1) is 13.3. The summed E-state index contributed by atoms with van der Waals surface area (Å²) in [5.41, 5.74) is 3.33. The Morgan fingerprint density at radius 2 is 1.89 bits per heavy atom. The molecule has 0 aliphatic carbocycles. The first kappa shape index (κ1) is 20.8. The zero-order chi connectivity index (χ0) is 20.3. The topological polar surface area (TPSA) is 66.0 Å². The summed E-state index contributed by atoms with van der Waals surface area (Å²) in [6.07, 6.45) is 0. The van der Waals surface area contributed by atoms with Gasteiger partial charge in [-0.1, -0.05) is 67.0 Å². The van der Waals surface area contributed by atoms with Crippen molar-refractivity contribution in [3.8, 4) is 5.75 Å². The summed E-state index contributed by atoms with van der Waals surface area (Å²) in [7, 11) is 0. The number of halogens is 2. The molecule has 1 aromatic heterocycles. The molecule has 3 rings (SSSR count). The van der Waals surface area contributed by atoms with Crippen LogP contribution >= 0.6 is 35.0 Å². The van der Waals surface area contributed by atoms with Crippen LogP contribution in [0.15, 0.2) is 41.6 Å². The van der Waals surface area contributed by atoms with E-state index in [1.807, 2.05) is 25.1 Å². The van der Waals surface area contributed by atoms with Gasteiger partial charge in [-0.2, -0.15) is 0 Å². The van der Waals surface area contributed by atoms with Crippen molar-refractivity contribution in [3.63, 3.8) is 0 Å². The molecule has 2 aromatic carbocycles. The van der Waals surface area contributed by atoms with E-state index in [9.17, 15) is 0 Å². The van der Waals surface area contributed by atoms with Crippen LogP contribution in [0.4, 0.5) is 0 Å². The third kappa shape index (κ3) is 4.93. The number of rotatable bonds is 7. The van der Waals surface area contributed by atoms with Crippen LogP contribution in [0, 0.1) is 6.92 Å². The monoisotopic (exact) mass is 436 g/mol. The van der Waals surface area contributed by atoms with E-state index in [0.717, 1.165) is 22.4 Å². The van der Waals surface area contributed by atoms with Gasteiger partial charge in [-0.15, -0.1) is 10.2 Å². The number of ether oxygens (including phenoxy) is 1. The number of hydrogen-bond donors (Lipinski definition) is 1. The van der Waals surface area contributed by atoms with Crippen LogP contribution in [-0.4, -0.2) is 14.9 Å². The molecule has 0 unspecified atom stereocenters. The van der Waals surface area contributed by atoms with Crippen molar-refractivity contribution in [3.05, 3.63) is 69.0 Å². The first-order valence-corrected chi connectivity index (χ1v) is 10.6. The third-order valence-electron chi connectivity index (χ3n) is 4.23. The summed E-state index contributed by atoms with van der Waals surface area (Å²) in [6, 6.07) is 11.8. The lowest BCUT2D eigenvalue weighted by atomic mass is 10.0. The largest absolute Gasteiger partial charge is 0.485 e. The quantitative estimate of drug-likeness (QED) is 0.385. The fourth-order valence-corrected chi connectivity index (χ4v) is 3.81. The number of nitrogens with two attached hydrogens (primary N) is 1. The molecule has 148 valence electrons. The molecule has 0 saturated carbocycles. The predicted molar refractivity (Wildman–Crippen MR) is 116 cm³/mol. The molecule has 8 heteroatoms. The Morgan fingerprint density at radius 3 is 2.61 bits per heavy atom. The Morgan fingerprint density at radius 1 is 1.11 bits per heavy atom. The van der Waals surface area contributed by atoms with E-state index in [0.29, 0.717) is 32.7 Å². The molecule has 0 saturated heterocycles. The SMILES string of the molecule is Cc1ccc(C(C)C)c(OCc2nnc(SCc3ccc(Cl)c(Cl)c3)n2N)c1. The first-order valence-electron chi connectivity index (χ1n) is 8.84. The third-order valence-corrected chi connectivity index (χ3v) is 5.99. The van der Waals surface area contributed by atoms with Crippen molar-refractivity contribution in [1.82, 2.24) is 14.9 Å². The molecule has 0 fully saturated rings. The molecule has 2 N–H and O–H groups in total. The molecule has 0 atom stereocenters. The number of benzene rings is 2. The van der Waals surface area contributed by atoms with Crippen LogP contribution in [0.1, 0.15) is 42.3 Å². The van der Waals surface area contributed by atoms with E-state index in [1.165, 1.54) is 16.4 Å². The zero-order valence-corrected chi connectivity index (χ0v) is 18.3. The number of aryl methyl sites for hydroxylation is 1. The molecule has 0 aliphatic rings. The van der Waals surface area contributed by atoms with Crippen molar-refractivity contribution in [1.29, 1.82) is 0 Å². The maximum atomic E-state index is 6.16. The van der Waals surface area contributed by atoms with Crippen molar-refractivity contribution >= 4 is 35.0 Å². The highest BCUT2D eigenvalue weighted by Crippen LogP contribution is 2.29. The molecule has 0 radical (unpaired) electrons. The van der Waals surface area contributed by atoms with Crippen molar-refractivity contribution < 1.29 is 4.74 Å². The molecular weight excluding hydrogens is 415 g/mol. The number of aromatic nitrogens is 3. The Balaban J connectivity index is 1.66. The van der Waals surface area contributed by atoms with Gasteiger partial charge in [0.1, 0.15) is 12.4 Å². The summed E-state index contributed by atoms with van der Waals surface area (Å²) in [4.78, 5) is 0. The average molecular weight is 437 g/mol. The van der Waals surface area contributed by atoms with Crippen LogP contribution in [0.3, 0.4) is 0 Å². The van der Waals surface area contributed by atoms with E-state index in [4.69, 9.17) is 33.8 Å². The number of hydrogen-bond acceptors (Lipinski definition) is 5. The van der Waals surface area contributed by atoms with Crippen molar-refractivity contribution in [2.24, 2.45) is 0 Å². The molecule has 0 bridgehead atoms. The summed E-state index contributed by atoms with van der Waals surface area (Å²) in [6.45, 7) is 6.57. The summed E-state index contributed by atoms with van der Waals surface area (Å²) >= 11 is 13.5. The second-order valence-electron chi connectivity index (χ2n) is 6.79. The standard InChI is InChI=1S/C20H22Cl2N4OS/c1-12(2)15-6-4-13(3)8-18(15)27-10-19-24-25-20(26(19)23)28-11-14-5-7-16(21)17(22)9-14/h4-9,12H,10-11,23H2,1-3H3. The normalized spacial score (nSPS) is 11.2. The van der Waals surface area contributed by atoms with Gasteiger partial charge in [0.05, 0.1) is 10.0 Å². The molecule has 0 aliphatic heterocycles. The highest BCUT2D eigenvalue weighted by molar-refractivity contribution is 7.98. The predicted octanol–water partition coefficient (Wildman–Crippen LogP) is 5.60. The van der Waals surface area contributed by atoms with Gasteiger partial charge >= 0.3 is 0 Å². The highest BCUT2D eigenvalue weighted by Gasteiger charge is 2.14. The fourth-order valence-electron chi connectivity index (χ4n) is 2.67. The fraction of sp³-hybridized carbons (Fsp3) is 0.300. The maximum absolute atomic E-state index is 6.16. The van der Waals surface area contributed by atoms with Crippen LogP contribution in [0.2, 0.25) is 10.0 Å². The lowest BCUT2D eigenvalue weighted by molar-refractivity contribution is 0.287. The molecule has 28 heavy (non-hydrogen) atoms. The highest BCUT2D eigenvalue weighted by atomic mass is 35.5. The zero-order valence-electron chi connectivity index (χ0n) is 15.9. The van der Waals surface area contributed by atoms with Crippen LogP contribution < -0.4 is 10.6 Å². The van der Waals surface area contributed by atoms with E-state index >= 15 is 0 Å². The number of thioether (sulfide) groups is 1. The van der Waals surface area contributed by atoms with Crippen molar-refractivity contribution in [2.45, 2.75) is 44.2 Å². The average Bonchev–Trinajstić information content (AvgIpc) is 3.00. The summed E-state index contributed by atoms with van der Waals surface area (Å²) < 4.78 is 7.47. The second-order valence-corrected chi connectivity index (χ2v) is 8.55. The maximum Gasteiger partial charge on any atom is 0.210 e. The number of nitrogen functional groups attached to an aromatic ring is 1. The van der Waals surface area contributed by atoms with Gasteiger partial charge in [-0.25, -0.2) is 4.68 Å². The Kier molecular flexibility index (Phi) is 6.75. The Bertz CT molecular complexity index is 975. The van der Waals surface area contributed by atoms with Gasteiger partial charge in [-0.05, 0) is 47.7 Å². The van der Waals surface area contributed by atoms with Gasteiger partial charge < -0.3 is 10.6 Å². The summed E-state index contributed by atoms with van der Waals surface area (Å²) in [5, 5.41) is 10.0. The van der Waals surface area contributed by atoms with Gasteiger partial charge in [0.25, 0.3) is 0 Å². The lowest BCUT2D eigenvalue weighted by Crippen LogP contribution is -2.16. The Labute approximate surface area is 179 Å². The van der Waals surface area contributed by atoms with E-state index < -0.39 is 0 Å². The minimum Gasteiger partial charge on any atom is -0.485 e. The Hall–Kier alpha value is -1.89. The molecule has 5 nitrogen and oxygen atoms in total. The lowest BCUT2D eigenvalue weighted by Gasteiger charge is -2.14. The van der Waals surface area contributed by atoms with Crippen LogP contribution in [-0.2, 0) is 12.4 Å². The molecular formula is C20H22Cl2N4OS. The minimum absolute atomic E-state index is 0.250. The van der Waals surface area contributed by atoms with Crippen LogP contribution in [0.5, 0.6) is 5.75 Å². The van der Waals surface area contributed by atoms with Gasteiger partial charge in [0.2, 0.25) is 5.16 Å². The molecule has 1 heterocycles. The minimum atomic E-state index is 0.250. The molecule has 0 spiro atoms. The molecule has 0 amide bonds. The van der Waals surface area contributed by atoms with E-state index in [-0.39, 0.29) is 6.61 Å². The van der Waals surface area contributed by atoms with Crippen molar-refractivity contribution in [2.75, 3.05) is 5.84 Å². The smallest absolute Gasteiger partial charge is 0.210 e. The van der Waals surface area contributed by atoms with Gasteiger partial charge in [0, 0.05) is 5.75 Å². The number of nitrogens with zero attached hydrogens (tertiary/aromatic N) is 3. The second kappa shape index (κ2) is 9.07. The van der Waals surface area contributed by atoms with Gasteiger partial charge in [-0.3, -0.25) is 0 Å². The van der Waals surface area contributed by atoms with Gasteiger partial charge in [0.15, 0.2) is 5.82 Å².